The lowest BCUT2D eigenvalue weighted by Crippen LogP contribution is -2.33. The molecule has 1 aliphatic rings. The molecule has 1 N–H and O–H groups in total. The summed E-state index contributed by atoms with van der Waals surface area (Å²) in [7, 11) is -3.39. The lowest BCUT2D eigenvalue weighted by atomic mass is 10.1. The van der Waals surface area contributed by atoms with Gasteiger partial charge in [-0.1, -0.05) is 0 Å². The summed E-state index contributed by atoms with van der Waals surface area (Å²) in [5, 5.41) is 0. The minimum atomic E-state index is -3.39. The zero-order valence-corrected chi connectivity index (χ0v) is 14.2. The maximum atomic E-state index is 13.4. The number of rotatable bonds is 5. The van der Waals surface area contributed by atoms with Crippen LogP contribution in [0.2, 0.25) is 0 Å². The van der Waals surface area contributed by atoms with Gasteiger partial charge in [0.1, 0.15) is 0 Å². The molecule has 132 valence electrons. The van der Waals surface area contributed by atoms with E-state index >= 15 is 0 Å². The van der Waals surface area contributed by atoms with Crippen molar-refractivity contribution in [3.8, 4) is 0 Å². The molecule has 0 aliphatic heterocycles. The predicted molar refractivity (Wildman–Crippen MR) is 91.1 cm³/mol. The van der Waals surface area contributed by atoms with Crippen LogP contribution in [0.1, 0.15) is 23.2 Å². The molecule has 3 rings (SSSR count). The number of carbonyl (C=O) groups excluding carboxylic acids is 1. The molecule has 0 aromatic heterocycles. The van der Waals surface area contributed by atoms with Crippen LogP contribution in [-0.4, -0.2) is 26.6 Å². The molecule has 0 bridgehead atoms. The first-order chi connectivity index (χ1) is 11.7. The highest BCUT2D eigenvalue weighted by atomic mass is 32.2. The van der Waals surface area contributed by atoms with Crippen LogP contribution in [0.4, 0.5) is 20.2 Å². The first-order valence-corrected chi connectivity index (χ1v) is 9.50. The molecule has 0 saturated heterocycles. The summed E-state index contributed by atoms with van der Waals surface area (Å²) in [6.45, 7) is 0. The van der Waals surface area contributed by atoms with Gasteiger partial charge in [-0.3, -0.25) is 9.52 Å². The second-order valence-electron chi connectivity index (χ2n) is 5.96. The highest BCUT2D eigenvalue weighted by Gasteiger charge is 2.34. The number of sulfonamides is 1. The van der Waals surface area contributed by atoms with Crippen LogP contribution in [0.25, 0.3) is 0 Å². The minimum absolute atomic E-state index is 0.00525. The van der Waals surface area contributed by atoms with Gasteiger partial charge >= 0.3 is 0 Å². The third-order valence-corrected chi connectivity index (χ3v) is 4.35. The fraction of sp³-hybridized carbons (Fsp3) is 0.235. The molecule has 0 radical (unpaired) electrons. The zero-order chi connectivity index (χ0) is 18.2. The molecule has 1 amide bonds. The maximum Gasteiger partial charge on any atom is 0.258 e. The first-order valence-electron chi connectivity index (χ1n) is 7.61. The SMILES string of the molecule is CS(=O)(=O)Nc1ccc(N(C(=O)c2ccc(F)c(F)c2)C2CC2)cc1. The van der Waals surface area contributed by atoms with E-state index in [-0.39, 0.29) is 11.6 Å². The summed E-state index contributed by atoms with van der Waals surface area (Å²) in [6, 6.07) is 9.37. The van der Waals surface area contributed by atoms with Gasteiger partial charge in [-0.2, -0.15) is 0 Å². The van der Waals surface area contributed by atoms with Gasteiger partial charge in [-0.15, -0.1) is 0 Å². The third kappa shape index (κ3) is 4.14. The number of hydrogen-bond donors (Lipinski definition) is 1. The Hall–Kier alpha value is -2.48. The normalized spacial score (nSPS) is 14.2. The Morgan fingerprint density at radius 1 is 1.08 bits per heavy atom. The van der Waals surface area contributed by atoms with E-state index in [1.807, 2.05) is 0 Å². The fourth-order valence-corrected chi connectivity index (χ4v) is 3.06. The molecule has 2 aromatic rings. The van der Waals surface area contributed by atoms with E-state index in [4.69, 9.17) is 0 Å². The van der Waals surface area contributed by atoms with Crippen molar-refractivity contribution in [1.29, 1.82) is 0 Å². The lowest BCUT2D eigenvalue weighted by Gasteiger charge is -2.23. The number of amides is 1. The number of anilines is 2. The van der Waals surface area contributed by atoms with Crippen molar-refractivity contribution < 1.29 is 22.0 Å². The third-order valence-electron chi connectivity index (χ3n) is 3.75. The molecule has 0 heterocycles. The van der Waals surface area contributed by atoms with Gasteiger partial charge in [-0.05, 0) is 55.3 Å². The Morgan fingerprint density at radius 2 is 1.72 bits per heavy atom. The average Bonchev–Trinajstić information content (AvgIpc) is 3.35. The van der Waals surface area contributed by atoms with Gasteiger partial charge in [0.05, 0.1) is 6.26 Å². The van der Waals surface area contributed by atoms with Gasteiger partial charge in [-0.25, -0.2) is 17.2 Å². The Bertz CT molecular complexity index is 910. The van der Waals surface area contributed by atoms with E-state index in [2.05, 4.69) is 4.72 Å². The van der Waals surface area contributed by atoms with Gasteiger partial charge < -0.3 is 4.90 Å². The fourth-order valence-electron chi connectivity index (χ4n) is 2.50. The van der Waals surface area contributed by atoms with E-state index in [0.717, 1.165) is 31.2 Å². The van der Waals surface area contributed by atoms with E-state index < -0.39 is 27.6 Å². The summed E-state index contributed by atoms with van der Waals surface area (Å²) in [6.07, 6.45) is 2.68. The first kappa shape index (κ1) is 17.3. The second-order valence-corrected chi connectivity index (χ2v) is 7.70. The van der Waals surface area contributed by atoms with Crippen LogP contribution in [0.3, 0.4) is 0 Å². The smallest absolute Gasteiger partial charge is 0.258 e. The summed E-state index contributed by atoms with van der Waals surface area (Å²) in [5.74, 6) is -2.51. The highest BCUT2D eigenvalue weighted by Crippen LogP contribution is 2.33. The van der Waals surface area contributed by atoms with Gasteiger partial charge in [0.25, 0.3) is 5.91 Å². The number of halogens is 2. The van der Waals surface area contributed by atoms with Crippen LogP contribution < -0.4 is 9.62 Å². The van der Waals surface area contributed by atoms with Crippen molar-refractivity contribution in [3.05, 3.63) is 59.7 Å². The largest absolute Gasteiger partial charge is 0.305 e. The van der Waals surface area contributed by atoms with Crippen LogP contribution in [0.5, 0.6) is 0 Å². The van der Waals surface area contributed by atoms with Crippen molar-refractivity contribution in [2.75, 3.05) is 15.9 Å². The molecule has 0 atom stereocenters. The summed E-state index contributed by atoms with van der Waals surface area (Å²) in [4.78, 5) is 14.3. The Kier molecular flexibility index (Phi) is 4.47. The van der Waals surface area contributed by atoms with E-state index in [1.165, 1.54) is 11.0 Å². The number of hydrogen-bond acceptors (Lipinski definition) is 3. The van der Waals surface area contributed by atoms with Crippen molar-refractivity contribution in [2.24, 2.45) is 0 Å². The Labute approximate surface area is 144 Å². The van der Waals surface area contributed by atoms with Gasteiger partial charge in [0, 0.05) is 23.0 Å². The molecule has 1 fully saturated rings. The molecular weight excluding hydrogens is 350 g/mol. The standard InChI is InChI=1S/C17H16F2N2O3S/c1-25(23,24)20-12-3-5-13(6-4-12)21(14-7-8-14)17(22)11-2-9-15(18)16(19)10-11/h2-6,9-10,14,20H,7-8H2,1H3. The maximum absolute atomic E-state index is 13.4. The minimum Gasteiger partial charge on any atom is -0.305 e. The monoisotopic (exact) mass is 366 g/mol. The molecule has 1 aliphatic carbocycles. The van der Waals surface area contributed by atoms with Gasteiger partial charge in [0.15, 0.2) is 11.6 Å². The predicted octanol–water partition coefficient (Wildman–Crippen LogP) is 3.15. The summed E-state index contributed by atoms with van der Waals surface area (Å²) < 4.78 is 51.3. The topological polar surface area (TPSA) is 66.5 Å². The average molecular weight is 366 g/mol. The zero-order valence-electron chi connectivity index (χ0n) is 13.4. The quantitative estimate of drug-likeness (QED) is 0.884. The highest BCUT2D eigenvalue weighted by molar-refractivity contribution is 7.92. The molecule has 2 aromatic carbocycles. The number of benzene rings is 2. The van der Waals surface area contributed by atoms with Crippen molar-refractivity contribution >= 4 is 27.3 Å². The molecular formula is C17H16F2N2O3S. The number of nitrogens with one attached hydrogen (secondary N) is 1. The number of carbonyl (C=O) groups is 1. The molecule has 0 spiro atoms. The molecule has 1 saturated carbocycles. The van der Waals surface area contributed by atoms with Crippen molar-refractivity contribution in [1.82, 2.24) is 0 Å². The molecule has 5 nitrogen and oxygen atoms in total. The van der Waals surface area contributed by atoms with E-state index in [9.17, 15) is 22.0 Å². The summed E-state index contributed by atoms with van der Waals surface area (Å²) in [5.41, 5.74) is 1.00. The Morgan fingerprint density at radius 3 is 2.24 bits per heavy atom. The van der Waals surface area contributed by atoms with Crippen molar-refractivity contribution in [2.45, 2.75) is 18.9 Å². The van der Waals surface area contributed by atoms with Crippen LogP contribution in [0.15, 0.2) is 42.5 Å². The van der Waals surface area contributed by atoms with Crippen LogP contribution in [0, 0.1) is 11.6 Å². The van der Waals surface area contributed by atoms with Crippen molar-refractivity contribution in [3.63, 3.8) is 0 Å². The molecule has 8 heteroatoms. The van der Waals surface area contributed by atoms with Crippen LogP contribution in [-0.2, 0) is 10.0 Å². The van der Waals surface area contributed by atoms with Crippen LogP contribution >= 0.6 is 0 Å². The van der Waals surface area contributed by atoms with E-state index in [1.54, 1.807) is 24.3 Å². The summed E-state index contributed by atoms with van der Waals surface area (Å²) >= 11 is 0. The second kappa shape index (κ2) is 6.44. The van der Waals surface area contributed by atoms with E-state index in [0.29, 0.717) is 11.4 Å². The molecule has 0 unspecified atom stereocenters. The number of nitrogens with zero attached hydrogens (tertiary/aromatic N) is 1. The lowest BCUT2D eigenvalue weighted by molar-refractivity contribution is 0.0984. The Balaban J connectivity index is 1.88. The molecule has 25 heavy (non-hydrogen) atoms. The van der Waals surface area contributed by atoms with Gasteiger partial charge in [0.2, 0.25) is 10.0 Å².